The standard InChI is InChI=1S/C11H16BrN3O3S/c1-11(2,3)14-10(16)15-19(17,18)7-4-5-9(13)8(12)6-7/h4-6H,13H2,1-3H3,(H2,14,15,16). The molecule has 0 heterocycles. The minimum Gasteiger partial charge on any atom is -0.398 e. The Morgan fingerprint density at radius 3 is 2.37 bits per heavy atom. The number of sulfonamides is 1. The topological polar surface area (TPSA) is 101 Å². The van der Waals surface area contributed by atoms with Gasteiger partial charge >= 0.3 is 6.03 Å². The molecule has 4 N–H and O–H groups in total. The summed E-state index contributed by atoms with van der Waals surface area (Å²) in [6, 6.07) is 3.33. The first-order valence-corrected chi connectivity index (χ1v) is 7.69. The number of anilines is 1. The van der Waals surface area contributed by atoms with Crippen molar-refractivity contribution in [2.75, 3.05) is 5.73 Å². The molecule has 2 amide bonds. The van der Waals surface area contributed by atoms with Gasteiger partial charge in [-0.2, -0.15) is 0 Å². The highest BCUT2D eigenvalue weighted by Crippen LogP contribution is 2.22. The van der Waals surface area contributed by atoms with Crippen LogP contribution >= 0.6 is 15.9 Å². The van der Waals surface area contributed by atoms with Crippen LogP contribution < -0.4 is 15.8 Å². The molecule has 1 aromatic carbocycles. The highest BCUT2D eigenvalue weighted by atomic mass is 79.9. The van der Waals surface area contributed by atoms with Crippen LogP contribution in [-0.2, 0) is 10.0 Å². The van der Waals surface area contributed by atoms with Crippen LogP contribution in [0.4, 0.5) is 10.5 Å². The summed E-state index contributed by atoms with van der Waals surface area (Å²) in [5.41, 5.74) is 5.46. The van der Waals surface area contributed by atoms with E-state index in [4.69, 9.17) is 5.73 Å². The van der Waals surface area contributed by atoms with Crippen molar-refractivity contribution in [1.29, 1.82) is 0 Å². The Hall–Kier alpha value is -1.28. The van der Waals surface area contributed by atoms with E-state index < -0.39 is 21.6 Å². The fourth-order valence-electron chi connectivity index (χ4n) is 1.22. The van der Waals surface area contributed by atoms with Gasteiger partial charge in [-0.3, -0.25) is 0 Å². The first kappa shape index (κ1) is 15.8. The molecule has 6 nitrogen and oxygen atoms in total. The van der Waals surface area contributed by atoms with Gasteiger partial charge in [0.15, 0.2) is 0 Å². The fourth-order valence-corrected chi connectivity index (χ4v) is 2.69. The zero-order valence-electron chi connectivity index (χ0n) is 10.8. The Bertz CT molecular complexity index is 594. The summed E-state index contributed by atoms with van der Waals surface area (Å²) in [5.74, 6) is 0. The van der Waals surface area contributed by atoms with E-state index in [9.17, 15) is 13.2 Å². The van der Waals surface area contributed by atoms with Gasteiger partial charge in [-0.05, 0) is 54.9 Å². The van der Waals surface area contributed by atoms with E-state index in [2.05, 4.69) is 21.2 Å². The quantitative estimate of drug-likeness (QED) is 0.708. The first-order valence-electron chi connectivity index (χ1n) is 5.41. The van der Waals surface area contributed by atoms with Crippen molar-refractivity contribution >= 4 is 37.7 Å². The van der Waals surface area contributed by atoms with E-state index in [-0.39, 0.29) is 4.90 Å². The lowest BCUT2D eigenvalue weighted by Gasteiger charge is -2.20. The van der Waals surface area contributed by atoms with Gasteiger partial charge in [-0.1, -0.05) is 0 Å². The lowest BCUT2D eigenvalue weighted by atomic mass is 10.1. The molecule has 0 unspecified atom stereocenters. The number of amides is 2. The van der Waals surface area contributed by atoms with Crippen LogP contribution in [0.2, 0.25) is 0 Å². The van der Waals surface area contributed by atoms with E-state index >= 15 is 0 Å². The molecule has 19 heavy (non-hydrogen) atoms. The summed E-state index contributed by atoms with van der Waals surface area (Å²) in [6.45, 7) is 5.25. The van der Waals surface area contributed by atoms with Crippen molar-refractivity contribution in [3.63, 3.8) is 0 Å². The zero-order chi connectivity index (χ0) is 14.8. The van der Waals surface area contributed by atoms with E-state index in [1.54, 1.807) is 20.8 Å². The second-order valence-corrected chi connectivity index (χ2v) is 7.53. The third-order valence-electron chi connectivity index (χ3n) is 2.00. The summed E-state index contributed by atoms with van der Waals surface area (Å²) >= 11 is 3.14. The molecule has 1 rings (SSSR count). The molecule has 0 aromatic heterocycles. The van der Waals surface area contributed by atoms with E-state index in [1.807, 2.05) is 4.72 Å². The van der Waals surface area contributed by atoms with Gasteiger partial charge in [0, 0.05) is 15.7 Å². The van der Waals surface area contributed by atoms with Crippen LogP contribution in [0.1, 0.15) is 20.8 Å². The minimum absolute atomic E-state index is 0.0439. The van der Waals surface area contributed by atoms with Crippen LogP contribution in [0.3, 0.4) is 0 Å². The number of urea groups is 1. The minimum atomic E-state index is -3.92. The molecule has 0 fully saturated rings. The normalized spacial score (nSPS) is 12.0. The van der Waals surface area contributed by atoms with Gasteiger partial charge < -0.3 is 11.1 Å². The number of halogens is 1. The molecule has 0 bridgehead atoms. The lowest BCUT2D eigenvalue weighted by molar-refractivity contribution is 0.237. The molecule has 106 valence electrons. The van der Waals surface area contributed by atoms with E-state index in [1.165, 1.54) is 18.2 Å². The third-order valence-corrected chi connectivity index (χ3v) is 4.01. The average molecular weight is 350 g/mol. The summed E-state index contributed by atoms with van der Waals surface area (Å²) in [4.78, 5) is 11.5. The number of benzene rings is 1. The molecule has 1 aromatic rings. The molecule has 0 saturated carbocycles. The summed E-state index contributed by atoms with van der Waals surface area (Å²) < 4.78 is 26.3. The van der Waals surface area contributed by atoms with Crippen molar-refractivity contribution < 1.29 is 13.2 Å². The van der Waals surface area contributed by atoms with Crippen molar-refractivity contribution in [3.8, 4) is 0 Å². The van der Waals surface area contributed by atoms with Gasteiger partial charge in [0.05, 0.1) is 4.90 Å². The number of nitrogens with one attached hydrogen (secondary N) is 2. The predicted octanol–water partition coefficient (Wildman–Crippen LogP) is 1.82. The van der Waals surface area contributed by atoms with Gasteiger partial charge in [0.1, 0.15) is 0 Å². The Morgan fingerprint density at radius 1 is 1.32 bits per heavy atom. The first-order chi connectivity index (χ1) is 8.51. The maximum atomic E-state index is 12.0. The monoisotopic (exact) mass is 349 g/mol. The number of hydrogen-bond donors (Lipinski definition) is 3. The zero-order valence-corrected chi connectivity index (χ0v) is 13.2. The van der Waals surface area contributed by atoms with E-state index in [0.29, 0.717) is 10.2 Å². The smallest absolute Gasteiger partial charge is 0.329 e. The second-order valence-electron chi connectivity index (χ2n) is 4.99. The summed E-state index contributed by atoms with van der Waals surface area (Å²) in [7, 11) is -3.92. The van der Waals surface area contributed by atoms with Crippen molar-refractivity contribution in [3.05, 3.63) is 22.7 Å². The number of nitrogens with two attached hydrogens (primary N) is 1. The fraction of sp³-hybridized carbons (Fsp3) is 0.364. The Morgan fingerprint density at radius 2 is 1.89 bits per heavy atom. The molecular formula is C11H16BrN3O3S. The molecule has 0 saturated heterocycles. The predicted molar refractivity (Wildman–Crippen MR) is 77.2 cm³/mol. The van der Waals surface area contributed by atoms with Gasteiger partial charge in [0.2, 0.25) is 0 Å². The Labute approximate surface area is 120 Å². The molecule has 8 heteroatoms. The molecular weight excluding hydrogens is 334 g/mol. The third kappa shape index (κ3) is 4.71. The maximum Gasteiger partial charge on any atom is 0.329 e. The largest absolute Gasteiger partial charge is 0.398 e. The number of hydrogen-bond acceptors (Lipinski definition) is 4. The van der Waals surface area contributed by atoms with Crippen LogP contribution in [0.5, 0.6) is 0 Å². The maximum absolute atomic E-state index is 12.0. The highest BCUT2D eigenvalue weighted by molar-refractivity contribution is 9.10. The molecule has 0 aliphatic carbocycles. The van der Waals surface area contributed by atoms with Crippen molar-refractivity contribution in [2.24, 2.45) is 0 Å². The molecule has 0 radical (unpaired) electrons. The summed E-state index contributed by atoms with van der Waals surface area (Å²) in [5, 5.41) is 2.51. The molecule has 0 aliphatic heterocycles. The van der Waals surface area contributed by atoms with Crippen LogP contribution in [-0.4, -0.2) is 20.0 Å². The van der Waals surface area contributed by atoms with Crippen molar-refractivity contribution in [2.45, 2.75) is 31.2 Å². The average Bonchev–Trinajstić information content (AvgIpc) is 2.17. The summed E-state index contributed by atoms with van der Waals surface area (Å²) in [6.07, 6.45) is 0. The number of carbonyl (C=O) groups excluding carboxylic acids is 1. The van der Waals surface area contributed by atoms with Crippen LogP contribution in [0, 0.1) is 0 Å². The van der Waals surface area contributed by atoms with Gasteiger partial charge in [-0.15, -0.1) is 0 Å². The van der Waals surface area contributed by atoms with Crippen molar-refractivity contribution in [1.82, 2.24) is 10.0 Å². The molecule has 0 aliphatic rings. The lowest BCUT2D eigenvalue weighted by Crippen LogP contribution is -2.48. The number of nitrogen functional groups attached to an aromatic ring is 1. The number of carbonyl (C=O) groups is 1. The Balaban J connectivity index is 2.93. The van der Waals surface area contributed by atoms with Crippen LogP contribution in [0.25, 0.3) is 0 Å². The molecule has 0 spiro atoms. The highest BCUT2D eigenvalue weighted by Gasteiger charge is 2.21. The number of rotatable bonds is 2. The second kappa shape index (κ2) is 5.38. The SMILES string of the molecule is CC(C)(C)NC(=O)NS(=O)(=O)c1ccc(N)c(Br)c1. The van der Waals surface area contributed by atoms with Gasteiger partial charge in [-0.25, -0.2) is 17.9 Å². The van der Waals surface area contributed by atoms with Crippen LogP contribution in [0.15, 0.2) is 27.6 Å². The Kier molecular flexibility index (Phi) is 4.46. The molecule has 0 atom stereocenters. The van der Waals surface area contributed by atoms with E-state index in [0.717, 1.165) is 0 Å². The van der Waals surface area contributed by atoms with Gasteiger partial charge in [0.25, 0.3) is 10.0 Å².